The summed E-state index contributed by atoms with van der Waals surface area (Å²) in [6, 6.07) is 12.7. The smallest absolute Gasteiger partial charge is 0.269 e. The number of benzene rings is 2. The van der Waals surface area contributed by atoms with Crippen LogP contribution in [0.4, 0.5) is 11.4 Å². The summed E-state index contributed by atoms with van der Waals surface area (Å²) in [6.07, 6.45) is 0. The molecule has 0 unspecified atom stereocenters. The number of nitro benzene ring substituents is 1. The number of aryl methyl sites for hydroxylation is 1. The Labute approximate surface area is 115 Å². The third kappa shape index (κ3) is 3.48. The predicted octanol–water partition coefficient (Wildman–Crippen LogP) is 3.78. The van der Waals surface area contributed by atoms with Gasteiger partial charge in [0, 0.05) is 28.5 Å². The molecule has 0 heterocycles. The van der Waals surface area contributed by atoms with Gasteiger partial charge in [-0.2, -0.15) is 0 Å². The Morgan fingerprint density at radius 1 is 1.21 bits per heavy atom. The highest BCUT2D eigenvalue weighted by Crippen LogP contribution is 2.28. The third-order valence-electron chi connectivity index (χ3n) is 2.75. The van der Waals surface area contributed by atoms with E-state index in [9.17, 15) is 10.1 Å². The van der Waals surface area contributed by atoms with Crippen LogP contribution < -0.4 is 5.73 Å². The van der Waals surface area contributed by atoms with Crippen LogP contribution in [0.3, 0.4) is 0 Å². The molecule has 0 aliphatic heterocycles. The van der Waals surface area contributed by atoms with Crippen molar-refractivity contribution in [3.8, 4) is 0 Å². The maximum Gasteiger partial charge on any atom is 0.269 e. The lowest BCUT2D eigenvalue weighted by molar-refractivity contribution is -0.384. The first-order chi connectivity index (χ1) is 9.06. The van der Waals surface area contributed by atoms with Gasteiger partial charge in [-0.3, -0.25) is 10.1 Å². The molecule has 0 fully saturated rings. The van der Waals surface area contributed by atoms with Crippen molar-refractivity contribution in [1.82, 2.24) is 0 Å². The Bertz CT molecular complexity index is 597. The van der Waals surface area contributed by atoms with Gasteiger partial charge in [-0.1, -0.05) is 17.7 Å². The summed E-state index contributed by atoms with van der Waals surface area (Å²) in [5, 5.41) is 10.7. The van der Waals surface area contributed by atoms with E-state index in [4.69, 9.17) is 5.73 Å². The highest BCUT2D eigenvalue weighted by atomic mass is 32.2. The number of hydrogen-bond acceptors (Lipinski definition) is 4. The summed E-state index contributed by atoms with van der Waals surface area (Å²) in [5.74, 6) is 0.622. The van der Waals surface area contributed by atoms with Crippen molar-refractivity contribution >= 4 is 23.1 Å². The van der Waals surface area contributed by atoms with E-state index in [1.807, 2.05) is 31.2 Å². The average Bonchev–Trinajstić information content (AvgIpc) is 2.39. The van der Waals surface area contributed by atoms with Crippen LogP contribution in [0.5, 0.6) is 0 Å². The number of nitrogens with two attached hydrogens (primary N) is 1. The van der Waals surface area contributed by atoms with Gasteiger partial charge < -0.3 is 5.73 Å². The van der Waals surface area contributed by atoms with Gasteiger partial charge in [-0.25, -0.2) is 0 Å². The van der Waals surface area contributed by atoms with Gasteiger partial charge >= 0.3 is 0 Å². The summed E-state index contributed by atoms with van der Waals surface area (Å²) in [5.41, 5.74) is 8.51. The molecule has 0 atom stereocenters. The van der Waals surface area contributed by atoms with E-state index in [1.165, 1.54) is 17.7 Å². The van der Waals surface area contributed by atoms with Gasteiger partial charge in [0.1, 0.15) is 0 Å². The summed E-state index contributed by atoms with van der Waals surface area (Å²) in [6.45, 7) is 2.03. The lowest BCUT2D eigenvalue weighted by Crippen LogP contribution is -1.95. The number of non-ortho nitro benzene ring substituents is 1. The highest BCUT2D eigenvalue weighted by Gasteiger charge is 2.09. The fourth-order valence-electron chi connectivity index (χ4n) is 1.63. The zero-order chi connectivity index (χ0) is 13.8. The molecule has 5 heteroatoms. The van der Waals surface area contributed by atoms with Crippen LogP contribution in [0.2, 0.25) is 0 Å². The first-order valence-electron chi connectivity index (χ1n) is 5.78. The molecule has 0 bridgehead atoms. The van der Waals surface area contributed by atoms with E-state index in [1.54, 1.807) is 17.8 Å². The first kappa shape index (κ1) is 13.4. The van der Waals surface area contributed by atoms with Crippen LogP contribution in [-0.4, -0.2) is 4.92 Å². The first-order valence-corrected chi connectivity index (χ1v) is 6.77. The summed E-state index contributed by atoms with van der Waals surface area (Å²) in [4.78, 5) is 11.5. The zero-order valence-electron chi connectivity index (χ0n) is 10.5. The van der Waals surface area contributed by atoms with E-state index in [0.29, 0.717) is 11.4 Å². The number of anilines is 1. The second-order valence-electron chi connectivity index (χ2n) is 4.24. The van der Waals surface area contributed by atoms with Gasteiger partial charge in [0.15, 0.2) is 0 Å². The molecule has 0 aliphatic carbocycles. The van der Waals surface area contributed by atoms with Crippen molar-refractivity contribution in [3.05, 3.63) is 63.7 Å². The van der Waals surface area contributed by atoms with E-state index in [-0.39, 0.29) is 5.69 Å². The van der Waals surface area contributed by atoms with Crippen molar-refractivity contribution < 1.29 is 4.92 Å². The van der Waals surface area contributed by atoms with Crippen LogP contribution in [-0.2, 0) is 5.75 Å². The van der Waals surface area contributed by atoms with E-state index in [0.717, 1.165) is 10.5 Å². The number of hydrogen-bond donors (Lipinski definition) is 1. The van der Waals surface area contributed by atoms with Gasteiger partial charge in [-0.15, -0.1) is 11.8 Å². The normalized spacial score (nSPS) is 10.4. The van der Waals surface area contributed by atoms with E-state index in [2.05, 4.69) is 0 Å². The van der Waals surface area contributed by atoms with Crippen LogP contribution in [0, 0.1) is 17.0 Å². The van der Waals surface area contributed by atoms with Gasteiger partial charge in [0.2, 0.25) is 0 Å². The zero-order valence-corrected chi connectivity index (χ0v) is 11.3. The average molecular weight is 274 g/mol. The minimum atomic E-state index is -0.403. The fraction of sp³-hybridized carbons (Fsp3) is 0.143. The standard InChI is InChI=1S/C14H14N2O2S/c1-10-2-5-13(6-3-10)19-9-11-8-12(16(17)18)4-7-14(11)15/h2-8H,9,15H2,1H3. The Kier molecular flexibility index (Phi) is 4.06. The van der Waals surface area contributed by atoms with Crippen molar-refractivity contribution in [2.75, 3.05) is 5.73 Å². The molecule has 0 saturated heterocycles. The summed E-state index contributed by atoms with van der Waals surface area (Å²) >= 11 is 1.61. The Hall–Kier alpha value is -2.01. The van der Waals surface area contributed by atoms with Gasteiger partial charge in [0.05, 0.1) is 4.92 Å². The maximum atomic E-state index is 10.7. The Morgan fingerprint density at radius 2 is 1.89 bits per heavy atom. The SMILES string of the molecule is Cc1ccc(SCc2cc([N+](=O)[O-])ccc2N)cc1. The van der Waals surface area contributed by atoms with Gasteiger partial charge in [-0.05, 0) is 30.7 Å². The molecule has 2 aromatic carbocycles. The van der Waals surface area contributed by atoms with Crippen LogP contribution >= 0.6 is 11.8 Å². The van der Waals surface area contributed by atoms with Gasteiger partial charge in [0.25, 0.3) is 5.69 Å². The molecule has 0 saturated carbocycles. The quantitative estimate of drug-likeness (QED) is 0.399. The molecule has 4 nitrogen and oxygen atoms in total. The molecule has 0 amide bonds. The molecular formula is C14H14N2O2S. The lowest BCUT2D eigenvalue weighted by atomic mass is 10.2. The maximum absolute atomic E-state index is 10.7. The van der Waals surface area contributed by atoms with Crippen molar-refractivity contribution in [1.29, 1.82) is 0 Å². The van der Waals surface area contributed by atoms with Crippen LogP contribution in [0.1, 0.15) is 11.1 Å². The lowest BCUT2D eigenvalue weighted by Gasteiger charge is -2.06. The molecule has 98 valence electrons. The highest BCUT2D eigenvalue weighted by molar-refractivity contribution is 7.98. The Balaban J connectivity index is 2.12. The number of nitrogen functional groups attached to an aromatic ring is 1. The van der Waals surface area contributed by atoms with Crippen LogP contribution in [0.25, 0.3) is 0 Å². The monoisotopic (exact) mass is 274 g/mol. The number of nitrogens with zero attached hydrogens (tertiary/aromatic N) is 1. The molecule has 0 aromatic heterocycles. The number of thioether (sulfide) groups is 1. The molecule has 2 N–H and O–H groups in total. The molecule has 2 aromatic rings. The molecule has 2 rings (SSSR count). The van der Waals surface area contributed by atoms with E-state index >= 15 is 0 Å². The minimum Gasteiger partial charge on any atom is -0.398 e. The molecule has 0 spiro atoms. The van der Waals surface area contributed by atoms with Crippen molar-refractivity contribution in [3.63, 3.8) is 0 Å². The minimum absolute atomic E-state index is 0.0775. The summed E-state index contributed by atoms with van der Waals surface area (Å²) in [7, 11) is 0. The van der Waals surface area contributed by atoms with E-state index < -0.39 is 4.92 Å². The third-order valence-corrected chi connectivity index (χ3v) is 3.81. The predicted molar refractivity (Wildman–Crippen MR) is 78.2 cm³/mol. The molecular weight excluding hydrogens is 260 g/mol. The molecule has 19 heavy (non-hydrogen) atoms. The molecule has 0 aliphatic rings. The summed E-state index contributed by atoms with van der Waals surface area (Å²) < 4.78 is 0. The van der Waals surface area contributed by atoms with Crippen molar-refractivity contribution in [2.24, 2.45) is 0 Å². The topological polar surface area (TPSA) is 69.2 Å². The number of rotatable bonds is 4. The number of nitro groups is 1. The van der Waals surface area contributed by atoms with Crippen molar-refractivity contribution in [2.45, 2.75) is 17.6 Å². The van der Waals surface area contributed by atoms with Crippen LogP contribution in [0.15, 0.2) is 47.4 Å². The molecule has 0 radical (unpaired) electrons. The second kappa shape index (κ2) is 5.75. The fourth-order valence-corrected chi connectivity index (χ4v) is 2.53. The Morgan fingerprint density at radius 3 is 2.53 bits per heavy atom. The largest absolute Gasteiger partial charge is 0.398 e. The second-order valence-corrected chi connectivity index (χ2v) is 5.29.